The minimum Gasteiger partial charge on any atom is -0.493 e. The van der Waals surface area contributed by atoms with Crippen LogP contribution in [-0.2, 0) is 4.74 Å². The van der Waals surface area contributed by atoms with Gasteiger partial charge in [-0.1, -0.05) is 0 Å². The molecule has 0 aromatic heterocycles. The first-order chi connectivity index (χ1) is 8.29. The minimum atomic E-state index is 0.356. The maximum atomic E-state index is 5.68. The van der Waals surface area contributed by atoms with Crippen LogP contribution in [0.2, 0.25) is 0 Å². The standard InChI is InChI=1S/C13H19NO3/c1-15-13-9-10(14)4-5-12(13)17-8-6-11-3-2-7-16-11/h4-5,9,11H,2-3,6-8,14H2,1H3/t11-/m0/s1. The summed E-state index contributed by atoms with van der Waals surface area (Å²) >= 11 is 0. The molecule has 0 unspecified atom stereocenters. The van der Waals surface area contributed by atoms with E-state index in [2.05, 4.69) is 0 Å². The van der Waals surface area contributed by atoms with E-state index >= 15 is 0 Å². The Morgan fingerprint density at radius 3 is 3.00 bits per heavy atom. The predicted molar refractivity (Wildman–Crippen MR) is 66.5 cm³/mol. The van der Waals surface area contributed by atoms with Gasteiger partial charge < -0.3 is 19.9 Å². The predicted octanol–water partition coefficient (Wildman–Crippen LogP) is 2.23. The zero-order valence-corrected chi connectivity index (χ0v) is 10.1. The molecule has 0 aliphatic carbocycles. The van der Waals surface area contributed by atoms with Gasteiger partial charge in [-0.25, -0.2) is 0 Å². The molecule has 1 aromatic carbocycles. The van der Waals surface area contributed by atoms with Crippen LogP contribution in [0.25, 0.3) is 0 Å². The molecule has 17 heavy (non-hydrogen) atoms. The summed E-state index contributed by atoms with van der Waals surface area (Å²) in [6, 6.07) is 5.41. The Morgan fingerprint density at radius 2 is 2.29 bits per heavy atom. The van der Waals surface area contributed by atoms with Crippen LogP contribution in [0.5, 0.6) is 11.5 Å². The van der Waals surface area contributed by atoms with Crippen LogP contribution in [0.15, 0.2) is 18.2 Å². The summed E-state index contributed by atoms with van der Waals surface area (Å²) in [5.41, 5.74) is 6.35. The summed E-state index contributed by atoms with van der Waals surface area (Å²) < 4.78 is 16.4. The fourth-order valence-corrected chi connectivity index (χ4v) is 1.98. The van der Waals surface area contributed by atoms with Gasteiger partial charge in [0.05, 0.1) is 19.8 Å². The molecular weight excluding hydrogens is 218 g/mol. The van der Waals surface area contributed by atoms with E-state index in [-0.39, 0.29) is 0 Å². The summed E-state index contributed by atoms with van der Waals surface area (Å²) in [5.74, 6) is 1.41. The van der Waals surface area contributed by atoms with E-state index < -0.39 is 0 Å². The van der Waals surface area contributed by atoms with E-state index in [0.29, 0.717) is 24.1 Å². The van der Waals surface area contributed by atoms with Gasteiger partial charge in [0.2, 0.25) is 0 Å². The molecule has 1 atom stereocenters. The largest absolute Gasteiger partial charge is 0.493 e. The lowest BCUT2D eigenvalue weighted by atomic mass is 10.2. The number of nitrogen functional groups attached to an aromatic ring is 1. The second kappa shape index (κ2) is 5.77. The van der Waals surface area contributed by atoms with Crippen LogP contribution >= 0.6 is 0 Å². The number of benzene rings is 1. The Morgan fingerprint density at radius 1 is 1.41 bits per heavy atom. The molecule has 1 heterocycles. The SMILES string of the molecule is COc1cc(N)ccc1OCC[C@@H]1CCCO1. The van der Waals surface area contributed by atoms with E-state index in [1.54, 1.807) is 13.2 Å². The van der Waals surface area contributed by atoms with Crippen molar-refractivity contribution in [2.75, 3.05) is 26.1 Å². The van der Waals surface area contributed by atoms with E-state index in [1.165, 1.54) is 0 Å². The van der Waals surface area contributed by atoms with Crippen molar-refractivity contribution in [1.29, 1.82) is 0 Å². The average Bonchev–Trinajstić information content (AvgIpc) is 2.84. The Hall–Kier alpha value is -1.42. The van der Waals surface area contributed by atoms with Gasteiger partial charge in [0, 0.05) is 24.8 Å². The molecule has 0 bridgehead atoms. The molecule has 1 saturated heterocycles. The quantitative estimate of drug-likeness (QED) is 0.798. The number of rotatable bonds is 5. The average molecular weight is 237 g/mol. The van der Waals surface area contributed by atoms with Crippen molar-refractivity contribution in [3.05, 3.63) is 18.2 Å². The Labute approximate surface area is 102 Å². The van der Waals surface area contributed by atoms with Crippen LogP contribution in [0.3, 0.4) is 0 Å². The van der Waals surface area contributed by atoms with Crippen LogP contribution in [0.4, 0.5) is 5.69 Å². The number of methoxy groups -OCH3 is 1. The topological polar surface area (TPSA) is 53.7 Å². The monoisotopic (exact) mass is 237 g/mol. The molecule has 1 aliphatic heterocycles. The molecule has 2 N–H and O–H groups in total. The van der Waals surface area contributed by atoms with E-state index in [4.69, 9.17) is 19.9 Å². The lowest BCUT2D eigenvalue weighted by molar-refractivity contribution is 0.0899. The van der Waals surface area contributed by atoms with E-state index in [1.807, 2.05) is 12.1 Å². The van der Waals surface area contributed by atoms with Crippen molar-refractivity contribution in [1.82, 2.24) is 0 Å². The molecule has 2 rings (SSSR count). The van der Waals surface area contributed by atoms with Gasteiger partial charge in [0.25, 0.3) is 0 Å². The maximum Gasteiger partial charge on any atom is 0.162 e. The van der Waals surface area contributed by atoms with Crippen molar-refractivity contribution in [3.63, 3.8) is 0 Å². The molecule has 1 fully saturated rings. The highest BCUT2D eigenvalue weighted by atomic mass is 16.5. The summed E-state index contributed by atoms with van der Waals surface area (Å²) in [5, 5.41) is 0. The van der Waals surface area contributed by atoms with Crippen LogP contribution in [0, 0.1) is 0 Å². The van der Waals surface area contributed by atoms with Crippen molar-refractivity contribution >= 4 is 5.69 Å². The molecule has 0 spiro atoms. The number of hydrogen-bond donors (Lipinski definition) is 1. The fraction of sp³-hybridized carbons (Fsp3) is 0.538. The number of anilines is 1. The fourth-order valence-electron chi connectivity index (χ4n) is 1.98. The Kier molecular flexibility index (Phi) is 4.09. The second-order valence-corrected chi connectivity index (χ2v) is 4.18. The van der Waals surface area contributed by atoms with Gasteiger partial charge in [-0.05, 0) is 25.0 Å². The van der Waals surface area contributed by atoms with Gasteiger partial charge in [-0.2, -0.15) is 0 Å². The third-order valence-electron chi connectivity index (χ3n) is 2.91. The number of ether oxygens (including phenoxy) is 3. The van der Waals surface area contributed by atoms with Crippen molar-refractivity contribution in [2.45, 2.75) is 25.4 Å². The van der Waals surface area contributed by atoms with E-state index in [0.717, 1.165) is 31.6 Å². The second-order valence-electron chi connectivity index (χ2n) is 4.18. The van der Waals surface area contributed by atoms with Crippen LogP contribution in [-0.4, -0.2) is 26.4 Å². The number of hydrogen-bond acceptors (Lipinski definition) is 4. The summed E-state index contributed by atoms with van der Waals surface area (Å²) in [6.07, 6.45) is 3.58. The molecule has 0 radical (unpaired) electrons. The first-order valence-corrected chi connectivity index (χ1v) is 5.97. The lowest BCUT2D eigenvalue weighted by Crippen LogP contribution is -2.11. The third-order valence-corrected chi connectivity index (χ3v) is 2.91. The third kappa shape index (κ3) is 3.27. The summed E-state index contributed by atoms with van der Waals surface area (Å²) in [7, 11) is 1.61. The van der Waals surface area contributed by atoms with Gasteiger partial charge in [-0.15, -0.1) is 0 Å². The highest BCUT2D eigenvalue weighted by Gasteiger charge is 2.15. The molecule has 0 amide bonds. The Balaban J connectivity index is 1.85. The first-order valence-electron chi connectivity index (χ1n) is 5.97. The molecule has 94 valence electrons. The maximum absolute atomic E-state index is 5.68. The van der Waals surface area contributed by atoms with Crippen molar-refractivity contribution < 1.29 is 14.2 Å². The molecular formula is C13H19NO3. The summed E-state index contributed by atoms with van der Waals surface area (Å²) in [4.78, 5) is 0. The van der Waals surface area contributed by atoms with Crippen molar-refractivity contribution in [3.8, 4) is 11.5 Å². The lowest BCUT2D eigenvalue weighted by Gasteiger charge is -2.13. The molecule has 1 aliphatic rings. The van der Waals surface area contributed by atoms with Gasteiger partial charge in [-0.3, -0.25) is 0 Å². The molecule has 4 heteroatoms. The van der Waals surface area contributed by atoms with Gasteiger partial charge in [0.1, 0.15) is 0 Å². The molecule has 4 nitrogen and oxygen atoms in total. The smallest absolute Gasteiger partial charge is 0.162 e. The van der Waals surface area contributed by atoms with E-state index in [9.17, 15) is 0 Å². The number of nitrogens with two attached hydrogens (primary N) is 1. The highest BCUT2D eigenvalue weighted by Crippen LogP contribution is 2.29. The Bertz CT molecular complexity index is 362. The van der Waals surface area contributed by atoms with Crippen LogP contribution in [0.1, 0.15) is 19.3 Å². The normalized spacial score (nSPS) is 19.2. The van der Waals surface area contributed by atoms with Crippen molar-refractivity contribution in [2.24, 2.45) is 0 Å². The minimum absolute atomic E-state index is 0.356. The molecule has 0 saturated carbocycles. The zero-order valence-electron chi connectivity index (χ0n) is 10.1. The zero-order chi connectivity index (χ0) is 12.1. The van der Waals surface area contributed by atoms with Gasteiger partial charge >= 0.3 is 0 Å². The first kappa shape index (κ1) is 12.0. The van der Waals surface area contributed by atoms with Gasteiger partial charge in [0.15, 0.2) is 11.5 Å². The molecule has 1 aromatic rings. The van der Waals surface area contributed by atoms with Crippen LogP contribution < -0.4 is 15.2 Å². The summed E-state index contributed by atoms with van der Waals surface area (Å²) in [6.45, 7) is 1.53. The highest BCUT2D eigenvalue weighted by molar-refractivity contribution is 5.51.